The Balaban J connectivity index is 2.96. The molecule has 0 aliphatic rings. The molecule has 0 unspecified atom stereocenters. The minimum atomic E-state index is 0.628. The minimum Gasteiger partial charge on any atom is -0.318 e. The number of rotatable bonds is 0. The quantitative estimate of drug-likeness (QED) is 0.729. The molecular weight excluding hydrogens is 253 g/mol. The average Bonchev–Trinajstić information content (AvgIpc) is 2.45. The van der Waals surface area contributed by atoms with Crippen LogP contribution in [0.2, 0.25) is 5.02 Å². The van der Waals surface area contributed by atoms with Crippen molar-refractivity contribution < 1.29 is 0 Å². The molecule has 0 fully saturated rings. The van der Waals surface area contributed by atoms with E-state index in [0.717, 1.165) is 21.3 Å². The molecule has 0 saturated carbocycles. The number of fused-ring (bicyclic) bond motifs is 1. The van der Waals surface area contributed by atoms with Crippen molar-refractivity contribution in [1.82, 2.24) is 14.5 Å². The summed E-state index contributed by atoms with van der Waals surface area (Å²) in [5.41, 5.74) is 2.42. The first kappa shape index (κ1) is 8.97. The van der Waals surface area contributed by atoms with Gasteiger partial charge in [0, 0.05) is 7.05 Å². The SMILES string of the molecule is Cc1nc2c(ncn2C)c(Cl)c1Br. The predicted molar refractivity (Wildman–Crippen MR) is 56.0 cm³/mol. The van der Waals surface area contributed by atoms with E-state index in [1.165, 1.54) is 0 Å². The summed E-state index contributed by atoms with van der Waals surface area (Å²) in [6.45, 7) is 1.91. The van der Waals surface area contributed by atoms with Crippen molar-refractivity contribution in [3.05, 3.63) is 21.5 Å². The van der Waals surface area contributed by atoms with Gasteiger partial charge >= 0.3 is 0 Å². The maximum absolute atomic E-state index is 6.08. The second-order valence-electron chi connectivity index (χ2n) is 2.85. The largest absolute Gasteiger partial charge is 0.318 e. The van der Waals surface area contributed by atoms with Crippen LogP contribution in [0.1, 0.15) is 5.69 Å². The van der Waals surface area contributed by atoms with E-state index < -0.39 is 0 Å². The first-order chi connectivity index (χ1) is 6.11. The standard InChI is InChI=1S/C8H7BrClN3/c1-4-5(9)6(10)7-8(12-4)13(2)3-11-7/h3H,1-2H3. The third-order valence-electron chi connectivity index (χ3n) is 1.90. The first-order valence-corrected chi connectivity index (χ1v) is 4.91. The number of hydrogen-bond donors (Lipinski definition) is 0. The van der Waals surface area contributed by atoms with Gasteiger partial charge in [-0.15, -0.1) is 0 Å². The second kappa shape index (κ2) is 2.96. The monoisotopic (exact) mass is 259 g/mol. The molecule has 0 atom stereocenters. The van der Waals surface area contributed by atoms with Crippen molar-refractivity contribution in [2.24, 2.45) is 7.05 Å². The van der Waals surface area contributed by atoms with Gasteiger partial charge in [0.1, 0.15) is 5.52 Å². The molecule has 2 heterocycles. The topological polar surface area (TPSA) is 30.7 Å². The van der Waals surface area contributed by atoms with Crippen LogP contribution in [0.15, 0.2) is 10.8 Å². The van der Waals surface area contributed by atoms with E-state index in [-0.39, 0.29) is 0 Å². The molecule has 0 spiro atoms. The zero-order valence-corrected chi connectivity index (χ0v) is 9.52. The normalized spacial score (nSPS) is 11.1. The van der Waals surface area contributed by atoms with Crippen molar-refractivity contribution in [2.75, 3.05) is 0 Å². The molecule has 5 heteroatoms. The number of pyridine rings is 1. The van der Waals surface area contributed by atoms with Gasteiger partial charge in [0.05, 0.1) is 21.5 Å². The fraction of sp³-hybridized carbons (Fsp3) is 0.250. The van der Waals surface area contributed by atoms with Crippen LogP contribution in [0.3, 0.4) is 0 Å². The van der Waals surface area contributed by atoms with Crippen molar-refractivity contribution >= 4 is 38.7 Å². The molecule has 0 saturated heterocycles. The highest BCUT2D eigenvalue weighted by molar-refractivity contribution is 9.10. The van der Waals surface area contributed by atoms with Crippen molar-refractivity contribution in [3.8, 4) is 0 Å². The van der Waals surface area contributed by atoms with Crippen LogP contribution < -0.4 is 0 Å². The summed E-state index contributed by atoms with van der Waals surface area (Å²) < 4.78 is 2.67. The van der Waals surface area contributed by atoms with Gasteiger partial charge in [-0.2, -0.15) is 0 Å². The van der Waals surface area contributed by atoms with E-state index in [9.17, 15) is 0 Å². The van der Waals surface area contributed by atoms with Crippen LogP contribution in [0.5, 0.6) is 0 Å². The molecule has 3 nitrogen and oxygen atoms in total. The Labute approximate surface area is 88.9 Å². The van der Waals surface area contributed by atoms with Gasteiger partial charge in [-0.3, -0.25) is 0 Å². The number of imidazole rings is 1. The molecule has 0 bridgehead atoms. The number of halogens is 2. The van der Waals surface area contributed by atoms with Crippen molar-refractivity contribution in [3.63, 3.8) is 0 Å². The lowest BCUT2D eigenvalue weighted by molar-refractivity contribution is 0.926. The summed E-state index contributed by atoms with van der Waals surface area (Å²) in [5, 5.41) is 0.628. The smallest absolute Gasteiger partial charge is 0.161 e. The summed E-state index contributed by atoms with van der Waals surface area (Å²) in [7, 11) is 1.89. The highest BCUT2D eigenvalue weighted by Crippen LogP contribution is 2.30. The van der Waals surface area contributed by atoms with E-state index >= 15 is 0 Å². The Morgan fingerprint density at radius 3 is 2.92 bits per heavy atom. The van der Waals surface area contributed by atoms with Crippen LogP contribution >= 0.6 is 27.5 Å². The van der Waals surface area contributed by atoms with Crippen LogP contribution in [0.4, 0.5) is 0 Å². The first-order valence-electron chi connectivity index (χ1n) is 3.74. The lowest BCUT2D eigenvalue weighted by atomic mass is 10.3. The van der Waals surface area contributed by atoms with Crippen LogP contribution in [-0.4, -0.2) is 14.5 Å². The summed E-state index contributed by atoms with van der Waals surface area (Å²) in [5.74, 6) is 0. The van der Waals surface area contributed by atoms with Crippen molar-refractivity contribution in [1.29, 1.82) is 0 Å². The Hall–Kier alpha value is -0.610. The number of hydrogen-bond acceptors (Lipinski definition) is 2. The summed E-state index contributed by atoms with van der Waals surface area (Å²) in [6, 6.07) is 0. The summed E-state index contributed by atoms with van der Waals surface area (Å²) in [4.78, 5) is 8.52. The van der Waals surface area contributed by atoms with Gasteiger partial charge in [-0.1, -0.05) is 11.6 Å². The van der Waals surface area contributed by atoms with Gasteiger partial charge < -0.3 is 4.57 Å². The van der Waals surface area contributed by atoms with Crippen LogP contribution in [0, 0.1) is 6.92 Å². The molecule has 68 valence electrons. The van der Waals surface area contributed by atoms with Gasteiger partial charge in [-0.25, -0.2) is 9.97 Å². The second-order valence-corrected chi connectivity index (χ2v) is 4.02. The third-order valence-corrected chi connectivity index (χ3v) is 3.46. The van der Waals surface area contributed by atoms with Crippen LogP contribution in [-0.2, 0) is 7.05 Å². The molecule has 0 aliphatic carbocycles. The molecule has 0 radical (unpaired) electrons. The number of nitrogens with zero attached hydrogens (tertiary/aromatic N) is 3. The van der Waals surface area contributed by atoms with Gasteiger partial charge in [0.25, 0.3) is 0 Å². The van der Waals surface area contributed by atoms with E-state index in [0.29, 0.717) is 5.02 Å². The molecule has 2 aromatic rings. The van der Waals surface area contributed by atoms with Gasteiger partial charge in [-0.05, 0) is 22.9 Å². The predicted octanol–water partition coefficient (Wildman–Crippen LogP) is 2.69. The summed E-state index contributed by atoms with van der Waals surface area (Å²) >= 11 is 9.45. The van der Waals surface area contributed by atoms with E-state index in [1.807, 2.05) is 18.5 Å². The molecule has 0 aliphatic heterocycles. The highest BCUT2D eigenvalue weighted by Gasteiger charge is 2.11. The third kappa shape index (κ3) is 1.25. The molecule has 2 rings (SSSR count). The maximum Gasteiger partial charge on any atom is 0.161 e. The summed E-state index contributed by atoms with van der Waals surface area (Å²) in [6.07, 6.45) is 1.70. The molecule has 0 aromatic carbocycles. The molecule has 2 aromatic heterocycles. The van der Waals surface area contributed by atoms with Gasteiger partial charge in [0.15, 0.2) is 5.65 Å². The Morgan fingerprint density at radius 2 is 2.23 bits per heavy atom. The Morgan fingerprint density at radius 1 is 1.54 bits per heavy atom. The Kier molecular flexibility index (Phi) is 2.04. The fourth-order valence-electron chi connectivity index (χ4n) is 1.18. The Bertz CT molecular complexity index is 478. The molecule has 0 amide bonds. The lowest BCUT2D eigenvalue weighted by Crippen LogP contribution is -1.91. The number of aryl methyl sites for hydroxylation is 2. The van der Waals surface area contributed by atoms with E-state index in [1.54, 1.807) is 6.33 Å². The van der Waals surface area contributed by atoms with Gasteiger partial charge in [0.2, 0.25) is 0 Å². The van der Waals surface area contributed by atoms with E-state index in [2.05, 4.69) is 25.9 Å². The van der Waals surface area contributed by atoms with Crippen LogP contribution in [0.25, 0.3) is 11.2 Å². The fourth-order valence-corrected chi connectivity index (χ4v) is 1.73. The minimum absolute atomic E-state index is 0.628. The number of aromatic nitrogens is 3. The zero-order valence-electron chi connectivity index (χ0n) is 7.17. The average molecular weight is 261 g/mol. The maximum atomic E-state index is 6.08. The zero-order chi connectivity index (χ0) is 9.59. The lowest BCUT2D eigenvalue weighted by Gasteiger charge is -2.01. The molecule has 13 heavy (non-hydrogen) atoms. The van der Waals surface area contributed by atoms with Crippen molar-refractivity contribution in [2.45, 2.75) is 6.92 Å². The highest BCUT2D eigenvalue weighted by atomic mass is 79.9. The molecule has 0 N–H and O–H groups in total. The van der Waals surface area contributed by atoms with E-state index in [4.69, 9.17) is 11.6 Å². The molecular formula is C8H7BrClN3.